The van der Waals surface area contributed by atoms with E-state index in [-0.39, 0.29) is 6.61 Å². The molecular formula is C29H29N3O5. The Morgan fingerprint density at radius 3 is 2.14 bits per heavy atom. The van der Waals surface area contributed by atoms with Crippen LogP contribution in [0.2, 0.25) is 0 Å². The van der Waals surface area contributed by atoms with Crippen LogP contribution in [0.1, 0.15) is 55.6 Å². The summed E-state index contributed by atoms with van der Waals surface area (Å²) in [5.74, 6) is -0.924. The zero-order valence-electron chi connectivity index (χ0n) is 21.3. The molecule has 0 bridgehead atoms. The second-order valence-corrected chi connectivity index (χ2v) is 9.60. The average molecular weight is 500 g/mol. The predicted molar refractivity (Wildman–Crippen MR) is 137 cm³/mol. The standard InChI is InChI=1S/C29H29N3O5/c1-17-5-9-21(10-6-17)28(33)35-16-26-25(37-29(34)22-11-7-18(2)8-12-22)15-27(36-26)32-24-14-20(4)19(3)13-23(24)30-31-32/h5-14,25-27H,15-16H2,1-4H3/t25-,26+,27+/m0/s1. The van der Waals surface area contributed by atoms with Gasteiger partial charge in [0.15, 0.2) is 6.23 Å². The van der Waals surface area contributed by atoms with E-state index in [1.165, 1.54) is 0 Å². The third-order valence-corrected chi connectivity index (χ3v) is 6.75. The van der Waals surface area contributed by atoms with E-state index in [9.17, 15) is 9.59 Å². The van der Waals surface area contributed by atoms with Gasteiger partial charge in [-0.2, -0.15) is 0 Å². The first kappa shape index (κ1) is 24.6. The van der Waals surface area contributed by atoms with Gasteiger partial charge in [0.1, 0.15) is 24.3 Å². The summed E-state index contributed by atoms with van der Waals surface area (Å²) in [7, 11) is 0. The van der Waals surface area contributed by atoms with Crippen molar-refractivity contribution in [1.82, 2.24) is 15.0 Å². The maximum Gasteiger partial charge on any atom is 0.338 e. The highest BCUT2D eigenvalue weighted by Crippen LogP contribution is 2.33. The van der Waals surface area contributed by atoms with E-state index >= 15 is 0 Å². The lowest BCUT2D eigenvalue weighted by Crippen LogP contribution is -2.32. The van der Waals surface area contributed by atoms with Gasteiger partial charge in [-0.1, -0.05) is 40.6 Å². The second-order valence-electron chi connectivity index (χ2n) is 9.60. The minimum atomic E-state index is -0.667. The topological polar surface area (TPSA) is 92.5 Å². The Kier molecular flexibility index (Phi) is 6.76. The molecule has 1 aliphatic rings. The summed E-state index contributed by atoms with van der Waals surface area (Å²) < 4.78 is 19.4. The van der Waals surface area contributed by atoms with Gasteiger partial charge in [-0.25, -0.2) is 14.3 Å². The van der Waals surface area contributed by atoms with Crippen LogP contribution in [0, 0.1) is 27.7 Å². The number of ether oxygens (including phenoxy) is 3. The normalized spacial score (nSPS) is 19.2. The summed E-state index contributed by atoms with van der Waals surface area (Å²) in [6.07, 6.45) is -1.50. The number of hydrogen-bond donors (Lipinski definition) is 0. The molecule has 4 aromatic rings. The van der Waals surface area contributed by atoms with Gasteiger partial charge in [-0.3, -0.25) is 0 Å². The first-order valence-corrected chi connectivity index (χ1v) is 12.3. The first-order valence-electron chi connectivity index (χ1n) is 12.3. The van der Waals surface area contributed by atoms with Crippen molar-refractivity contribution in [2.45, 2.75) is 52.6 Å². The number of benzene rings is 3. The van der Waals surface area contributed by atoms with Crippen molar-refractivity contribution >= 4 is 23.0 Å². The summed E-state index contributed by atoms with van der Waals surface area (Å²) in [5.41, 5.74) is 6.81. The van der Waals surface area contributed by atoms with Crippen LogP contribution >= 0.6 is 0 Å². The molecule has 3 aromatic carbocycles. The first-order chi connectivity index (χ1) is 17.8. The van der Waals surface area contributed by atoms with E-state index in [4.69, 9.17) is 14.2 Å². The summed E-state index contributed by atoms with van der Waals surface area (Å²) in [6, 6.07) is 18.3. The van der Waals surface area contributed by atoms with Crippen LogP contribution in [0.15, 0.2) is 60.7 Å². The predicted octanol–water partition coefficient (Wildman–Crippen LogP) is 5.04. The highest BCUT2D eigenvalue weighted by Gasteiger charge is 2.41. The van der Waals surface area contributed by atoms with Crippen LogP contribution in [-0.2, 0) is 14.2 Å². The van der Waals surface area contributed by atoms with Crippen LogP contribution < -0.4 is 0 Å². The second kappa shape index (κ2) is 10.1. The van der Waals surface area contributed by atoms with Gasteiger partial charge < -0.3 is 14.2 Å². The van der Waals surface area contributed by atoms with E-state index in [1.54, 1.807) is 28.9 Å². The SMILES string of the molecule is Cc1ccc(C(=O)OC[C@H]2O[C@@H](n3nnc4cc(C)c(C)cc43)C[C@@H]2OC(=O)c2ccc(C)cc2)cc1. The smallest absolute Gasteiger partial charge is 0.338 e. The molecule has 1 saturated heterocycles. The highest BCUT2D eigenvalue weighted by molar-refractivity contribution is 5.90. The van der Waals surface area contributed by atoms with Crippen molar-refractivity contribution in [1.29, 1.82) is 0 Å². The molecule has 8 nitrogen and oxygen atoms in total. The number of fused-ring (bicyclic) bond motifs is 1. The van der Waals surface area contributed by atoms with Crippen LogP contribution in [0.5, 0.6) is 0 Å². The third kappa shape index (κ3) is 5.24. The number of aryl methyl sites for hydroxylation is 4. The molecule has 2 heterocycles. The molecule has 1 aromatic heterocycles. The molecule has 0 unspecified atom stereocenters. The Bertz CT molecular complexity index is 1440. The average Bonchev–Trinajstić information content (AvgIpc) is 3.47. The Hall–Kier alpha value is -4.04. The van der Waals surface area contributed by atoms with Crippen molar-refractivity contribution in [3.63, 3.8) is 0 Å². The zero-order chi connectivity index (χ0) is 26.1. The monoisotopic (exact) mass is 499 g/mol. The molecule has 0 saturated carbocycles. The Morgan fingerprint density at radius 2 is 1.49 bits per heavy atom. The van der Waals surface area contributed by atoms with Crippen LogP contribution in [0.3, 0.4) is 0 Å². The summed E-state index contributed by atoms with van der Waals surface area (Å²) in [5, 5.41) is 8.61. The fraction of sp³-hybridized carbons (Fsp3) is 0.310. The van der Waals surface area contributed by atoms with Gasteiger partial charge in [0, 0.05) is 6.42 Å². The number of carbonyl (C=O) groups excluding carboxylic acids is 2. The van der Waals surface area contributed by atoms with E-state index in [2.05, 4.69) is 10.3 Å². The van der Waals surface area contributed by atoms with Crippen molar-refractivity contribution < 1.29 is 23.8 Å². The Balaban J connectivity index is 1.37. The van der Waals surface area contributed by atoms with Gasteiger partial charge in [-0.15, -0.1) is 5.10 Å². The zero-order valence-corrected chi connectivity index (χ0v) is 21.3. The summed E-state index contributed by atoms with van der Waals surface area (Å²) >= 11 is 0. The molecule has 8 heteroatoms. The number of rotatable bonds is 6. The van der Waals surface area contributed by atoms with Gasteiger partial charge in [0.2, 0.25) is 0 Å². The summed E-state index contributed by atoms with van der Waals surface area (Å²) in [4.78, 5) is 25.6. The van der Waals surface area contributed by atoms with Gasteiger partial charge >= 0.3 is 11.9 Å². The lowest BCUT2D eigenvalue weighted by molar-refractivity contribution is -0.0593. The number of aromatic nitrogens is 3. The van der Waals surface area contributed by atoms with Crippen molar-refractivity contribution in [3.05, 3.63) is 94.0 Å². The number of carbonyl (C=O) groups is 2. The van der Waals surface area contributed by atoms with Gasteiger partial charge in [0.05, 0.1) is 16.6 Å². The fourth-order valence-electron chi connectivity index (χ4n) is 4.36. The van der Waals surface area contributed by atoms with Crippen LogP contribution in [0.4, 0.5) is 0 Å². The molecule has 37 heavy (non-hydrogen) atoms. The molecule has 3 atom stereocenters. The minimum absolute atomic E-state index is 0.0696. The molecule has 0 amide bonds. The lowest BCUT2D eigenvalue weighted by Gasteiger charge is -2.19. The van der Waals surface area contributed by atoms with E-state index in [0.717, 1.165) is 33.3 Å². The van der Waals surface area contributed by atoms with E-state index in [1.807, 2.05) is 64.1 Å². The molecule has 1 aliphatic heterocycles. The number of nitrogens with zero attached hydrogens (tertiary/aromatic N) is 3. The Labute approximate surface area is 215 Å². The lowest BCUT2D eigenvalue weighted by atomic mass is 10.1. The molecule has 5 rings (SSSR count). The number of esters is 2. The molecule has 1 fully saturated rings. The molecule has 190 valence electrons. The molecule has 0 N–H and O–H groups in total. The van der Waals surface area contributed by atoms with Gasteiger partial charge in [-0.05, 0) is 75.2 Å². The van der Waals surface area contributed by atoms with Gasteiger partial charge in [0.25, 0.3) is 0 Å². The maximum absolute atomic E-state index is 12.9. The van der Waals surface area contributed by atoms with Crippen molar-refractivity contribution in [2.24, 2.45) is 0 Å². The molecular weight excluding hydrogens is 470 g/mol. The summed E-state index contributed by atoms with van der Waals surface area (Å²) in [6.45, 7) is 7.89. The fourth-order valence-corrected chi connectivity index (χ4v) is 4.36. The largest absolute Gasteiger partial charge is 0.459 e. The maximum atomic E-state index is 12.9. The third-order valence-electron chi connectivity index (χ3n) is 6.75. The van der Waals surface area contributed by atoms with E-state index < -0.39 is 30.4 Å². The van der Waals surface area contributed by atoms with Crippen molar-refractivity contribution in [2.75, 3.05) is 6.61 Å². The molecule has 0 radical (unpaired) electrons. The van der Waals surface area contributed by atoms with E-state index in [0.29, 0.717) is 17.5 Å². The van der Waals surface area contributed by atoms with Crippen molar-refractivity contribution in [3.8, 4) is 0 Å². The highest BCUT2D eigenvalue weighted by atomic mass is 16.6. The molecule has 0 spiro atoms. The minimum Gasteiger partial charge on any atom is -0.459 e. The molecule has 0 aliphatic carbocycles. The van der Waals surface area contributed by atoms with Crippen LogP contribution in [-0.4, -0.2) is 45.7 Å². The Morgan fingerprint density at radius 1 is 0.892 bits per heavy atom. The quantitative estimate of drug-likeness (QED) is 0.343. The number of hydrogen-bond acceptors (Lipinski definition) is 7. The van der Waals surface area contributed by atoms with Crippen LogP contribution in [0.25, 0.3) is 11.0 Å².